The van der Waals surface area contributed by atoms with Crippen molar-refractivity contribution in [3.63, 3.8) is 0 Å². The van der Waals surface area contributed by atoms with Crippen LogP contribution >= 0.6 is 22.9 Å². The highest BCUT2D eigenvalue weighted by molar-refractivity contribution is 7.91. The highest BCUT2D eigenvalue weighted by atomic mass is 35.5. The lowest BCUT2D eigenvalue weighted by atomic mass is 9.98. The van der Waals surface area contributed by atoms with Crippen LogP contribution in [0.1, 0.15) is 29.0 Å². The van der Waals surface area contributed by atoms with Gasteiger partial charge in [-0.3, -0.25) is 10.1 Å². The first-order valence-electron chi connectivity index (χ1n) is 8.93. The molecule has 0 aliphatic carbocycles. The summed E-state index contributed by atoms with van der Waals surface area (Å²) in [5.41, 5.74) is 1.77. The predicted molar refractivity (Wildman–Crippen MR) is 116 cm³/mol. The summed E-state index contributed by atoms with van der Waals surface area (Å²) < 4.78 is 24.5. The molecule has 29 heavy (non-hydrogen) atoms. The molecular formula is C20H20ClN3O3S2. The van der Waals surface area contributed by atoms with E-state index in [4.69, 9.17) is 11.6 Å². The maximum Gasteiger partial charge on any atom is 0.241 e. The van der Waals surface area contributed by atoms with Gasteiger partial charge in [-0.15, -0.1) is 10.2 Å². The van der Waals surface area contributed by atoms with Crippen LogP contribution in [0, 0.1) is 0 Å². The third kappa shape index (κ3) is 6.62. The van der Waals surface area contributed by atoms with E-state index < -0.39 is 21.5 Å². The van der Waals surface area contributed by atoms with Gasteiger partial charge < -0.3 is 0 Å². The third-order valence-electron chi connectivity index (χ3n) is 4.21. The van der Waals surface area contributed by atoms with Crippen LogP contribution in [0.5, 0.6) is 0 Å². The Kier molecular flexibility index (Phi) is 7.00. The first-order chi connectivity index (χ1) is 13.8. The summed E-state index contributed by atoms with van der Waals surface area (Å²) in [6, 6.07) is 16.5. The molecule has 1 aromatic heterocycles. The molecule has 1 N–H and O–H groups in total. The Bertz CT molecular complexity index is 1070. The van der Waals surface area contributed by atoms with Crippen LogP contribution in [0.2, 0.25) is 5.02 Å². The van der Waals surface area contributed by atoms with Crippen molar-refractivity contribution in [1.29, 1.82) is 0 Å². The monoisotopic (exact) mass is 449 g/mol. The van der Waals surface area contributed by atoms with Gasteiger partial charge in [-0.1, -0.05) is 72.3 Å². The van der Waals surface area contributed by atoms with Gasteiger partial charge in [-0.05, 0) is 29.2 Å². The number of nitrogens with zero attached hydrogens (tertiary/aromatic N) is 2. The van der Waals surface area contributed by atoms with Crippen molar-refractivity contribution in [1.82, 2.24) is 10.2 Å². The number of amides is 1. The molecule has 0 radical (unpaired) electrons. The van der Waals surface area contributed by atoms with E-state index in [0.717, 1.165) is 5.01 Å². The molecule has 9 heteroatoms. The quantitative estimate of drug-likeness (QED) is 0.559. The molecule has 0 saturated heterocycles. The molecule has 3 aromatic rings. The number of halogens is 1. The van der Waals surface area contributed by atoms with E-state index in [1.54, 1.807) is 24.3 Å². The second-order valence-electron chi connectivity index (χ2n) is 6.72. The fourth-order valence-electron chi connectivity index (χ4n) is 2.79. The molecule has 2 aromatic carbocycles. The van der Waals surface area contributed by atoms with Gasteiger partial charge in [0.2, 0.25) is 11.0 Å². The molecule has 3 rings (SSSR count). The molecule has 0 aliphatic heterocycles. The lowest BCUT2D eigenvalue weighted by Crippen LogP contribution is -2.23. The molecule has 1 atom stereocenters. The van der Waals surface area contributed by atoms with Gasteiger partial charge in [0.1, 0.15) is 10.8 Å². The van der Waals surface area contributed by atoms with Crippen molar-refractivity contribution >= 4 is 43.8 Å². The maximum absolute atomic E-state index is 12.3. The van der Waals surface area contributed by atoms with E-state index in [-0.39, 0.29) is 11.7 Å². The van der Waals surface area contributed by atoms with E-state index in [9.17, 15) is 13.2 Å². The summed E-state index contributed by atoms with van der Waals surface area (Å²) in [5, 5.41) is 12.2. The van der Waals surface area contributed by atoms with Crippen LogP contribution in [-0.4, -0.2) is 30.3 Å². The van der Waals surface area contributed by atoms with E-state index in [1.807, 2.05) is 18.2 Å². The molecule has 0 aliphatic rings. The number of hydrogen-bond acceptors (Lipinski definition) is 6. The number of benzene rings is 2. The predicted octanol–water partition coefficient (Wildman–Crippen LogP) is 4.09. The fraction of sp³-hybridized carbons (Fsp3) is 0.250. The third-order valence-corrected chi connectivity index (χ3v) is 6.80. The normalized spacial score (nSPS) is 12.5. The topological polar surface area (TPSA) is 89.0 Å². The average Bonchev–Trinajstić information content (AvgIpc) is 3.10. The van der Waals surface area contributed by atoms with E-state index in [0.29, 0.717) is 22.1 Å². The van der Waals surface area contributed by atoms with Gasteiger partial charge in [0.25, 0.3) is 0 Å². The van der Waals surface area contributed by atoms with Gasteiger partial charge in [-0.25, -0.2) is 8.42 Å². The van der Waals surface area contributed by atoms with E-state index in [2.05, 4.69) is 34.6 Å². The highest BCUT2D eigenvalue weighted by Crippen LogP contribution is 2.24. The summed E-state index contributed by atoms with van der Waals surface area (Å²) in [5.74, 6) is -1.22. The molecule has 0 bridgehead atoms. The van der Waals surface area contributed by atoms with Crippen molar-refractivity contribution in [2.24, 2.45) is 0 Å². The number of hydrogen-bond donors (Lipinski definition) is 1. The van der Waals surface area contributed by atoms with Gasteiger partial charge in [0, 0.05) is 11.4 Å². The molecule has 1 heterocycles. The summed E-state index contributed by atoms with van der Waals surface area (Å²) in [7, 11) is -3.61. The number of sulfone groups is 1. The SMILES string of the molecule is CC(Cc1nnc(NC(=O)CS(=O)(=O)Cc2ccc(Cl)cc2)s1)c1ccccc1. The zero-order chi connectivity index (χ0) is 20.9. The van der Waals surface area contributed by atoms with Crippen LogP contribution in [0.4, 0.5) is 5.13 Å². The lowest BCUT2D eigenvalue weighted by Gasteiger charge is -2.08. The Morgan fingerprint density at radius 2 is 1.79 bits per heavy atom. The smallest absolute Gasteiger partial charge is 0.241 e. The zero-order valence-corrected chi connectivity index (χ0v) is 18.1. The number of anilines is 1. The Morgan fingerprint density at radius 3 is 2.48 bits per heavy atom. The fourth-order valence-corrected chi connectivity index (χ4v) is 5.07. The number of rotatable bonds is 8. The minimum Gasteiger partial charge on any atom is -0.300 e. The zero-order valence-electron chi connectivity index (χ0n) is 15.7. The van der Waals surface area contributed by atoms with Crippen LogP contribution in [-0.2, 0) is 26.8 Å². The standard InChI is InChI=1S/C20H20ClN3O3S2/c1-14(16-5-3-2-4-6-16)11-19-23-24-20(28-19)22-18(25)13-29(26,27)12-15-7-9-17(21)10-8-15/h2-10,14H,11-13H2,1H3,(H,22,24,25). The second kappa shape index (κ2) is 9.47. The van der Waals surface area contributed by atoms with Crippen LogP contribution in [0.15, 0.2) is 54.6 Å². The van der Waals surface area contributed by atoms with Crippen LogP contribution in [0.3, 0.4) is 0 Å². The summed E-state index contributed by atoms with van der Waals surface area (Å²) in [6.45, 7) is 2.10. The first kappa shape index (κ1) is 21.4. The highest BCUT2D eigenvalue weighted by Gasteiger charge is 2.19. The van der Waals surface area contributed by atoms with Crippen LogP contribution < -0.4 is 5.32 Å². The summed E-state index contributed by atoms with van der Waals surface area (Å²) >= 11 is 7.05. The largest absolute Gasteiger partial charge is 0.300 e. The maximum atomic E-state index is 12.3. The van der Waals surface area contributed by atoms with Crippen molar-refractivity contribution in [2.45, 2.75) is 25.0 Å². The molecule has 1 amide bonds. The van der Waals surface area contributed by atoms with Crippen molar-refractivity contribution in [3.05, 3.63) is 75.8 Å². The van der Waals surface area contributed by atoms with E-state index >= 15 is 0 Å². The Labute approximate surface area is 178 Å². The average molecular weight is 450 g/mol. The molecule has 0 spiro atoms. The molecule has 0 saturated carbocycles. The minimum absolute atomic E-state index is 0.229. The van der Waals surface area contributed by atoms with E-state index in [1.165, 1.54) is 16.9 Å². The van der Waals surface area contributed by atoms with Gasteiger partial charge in [0.15, 0.2) is 9.84 Å². The number of carbonyl (C=O) groups excluding carboxylic acids is 1. The minimum atomic E-state index is -3.61. The molecule has 1 unspecified atom stereocenters. The number of carbonyl (C=O) groups is 1. The Hall–Kier alpha value is -2.29. The first-order valence-corrected chi connectivity index (χ1v) is 11.9. The molecule has 152 valence electrons. The number of aromatic nitrogens is 2. The van der Waals surface area contributed by atoms with Crippen molar-refractivity contribution < 1.29 is 13.2 Å². The lowest BCUT2D eigenvalue weighted by molar-refractivity contribution is -0.113. The second-order valence-corrected chi connectivity index (χ2v) is 10.3. The molecule has 0 fully saturated rings. The summed E-state index contributed by atoms with van der Waals surface area (Å²) in [4.78, 5) is 12.2. The van der Waals surface area contributed by atoms with Gasteiger partial charge in [0.05, 0.1) is 5.75 Å². The Morgan fingerprint density at radius 1 is 1.10 bits per heavy atom. The van der Waals surface area contributed by atoms with Gasteiger partial charge in [-0.2, -0.15) is 0 Å². The molecule has 6 nitrogen and oxygen atoms in total. The summed E-state index contributed by atoms with van der Waals surface area (Å²) in [6.07, 6.45) is 0.687. The Balaban J connectivity index is 1.55. The number of nitrogens with one attached hydrogen (secondary N) is 1. The molecular weight excluding hydrogens is 430 g/mol. The van der Waals surface area contributed by atoms with Gasteiger partial charge >= 0.3 is 0 Å². The van der Waals surface area contributed by atoms with Crippen molar-refractivity contribution in [3.8, 4) is 0 Å². The van der Waals surface area contributed by atoms with Crippen LogP contribution in [0.25, 0.3) is 0 Å². The van der Waals surface area contributed by atoms with Crippen molar-refractivity contribution in [2.75, 3.05) is 11.1 Å².